The number of hydrogen-bond acceptors (Lipinski definition) is 5. The van der Waals surface area contributed by atoms with Crippen molar-refractivity contribution in [3.63, 3.8) is 0 Å². The second kappa shape index (κ2) is 8.35. The predicted octanol–water partition coefficient (Wildman–Crippen LogP) is 4.62. The molecule has 3 aromatic heterocycles. The van der Waals surface area contributed by atoms with Crippen molar-refractivity contribution in [2.75, 3.05) is 0 Å². The molecule has 6 nitrogen and oxygen atoms in total. The molecule has 1 unspecified atom stereocenters. The van der Waals surface area contributed by atoms with E-state index in [0.717, 1.165) is 38.3 Å². The Labute approximate surface area is 183 Å². The standard InChI is InChI=1S/C24H21N5OS/c1-2-21(23(30)26-15-16-8-7-13-25-14-16)31-24-28-18-10-4-3-9-17(18)22-27-19-11-5-6-12-20(19)29(22)24/h3-14,21H,2,15H2,1H3,(H,26,30). The van der Waals surface area contributed by atoms with Gasteiger partial charge >= 0.3 is 0 Å². The lowest BCUT2D eigenvalue weighted by molar-refractivity contribution is -0.120. The summed E-state index contributed by atoms with van der Waals surface area (Å²) in [5.74, 6) is -0.0103. The number of imidazole rings is 1. The van der Waals surface area contributed by atoms with Crippen LogP contribution in [0, 0.1) is 0 Å². The highest BCUT2D eigenvalue weighted by Crippen LogP contribution is 2.31. The third kappa shape index (κ3) is 3.72. The van der Waals surface area contributed by atoms with E-state index in [1.165, 1.54) is 11.8 Å². The summed E-state index contributed by atoms with van der Waals surface area (Å²) >= 11 is 1.48. The lowest BCUT2D eigenvalue weighted by atomic mass is 10.2. The summed E-state index contributed by atoms with van der Waals surface area (Å²) in [6, 6.07) is 19.8. The number of thioether (sulfide) groups is 1. The van der Waals surface area contributed by atoms with Crippen LogP contribution in [0.5, 0.6) is 0 Å². The largest absolute Gasteiger partial charge is 0.351 e. The molecule has 5 aromatic rings. The highest BCUT2D eigenvalue weighted by Gasteiger charge is 2.22. The van der Waals surface area contributed by atoms with Gasteiger partial charge in [-0.05, 0) is 42.3 Å². The van der Waals surface area contributed by atoms with E-state index in [9.17, 15) is 4.79 Å². The van der Waals surface area contributed by atoms with Gasteiger partial charge in [-0.3, -0.25) is 14.2 Å². The van der Waals surface area contributed by atoms with Gasteiger partial charge in [-0.2, -0.15) is 0 Å². The van der Waals surface area contributed by atoms with Crippen LogP contribution >= 0.6 is 11.8 Å². The molecule has 0 spiro atoms. The zero-order valence-electron chi connectivity index (χ0n) is 17.0. The first-order valence-corrected chi connectivity index (χ1v) is 11.1. The van der Waals surface area contributed by atoms with Crippen molar-refractivity contribution in [2.24, 2.45) is 0 Å². The van der Waals surface area contributed by atoms with Crippen LogP contribution in [0.2, 0.25) is 0 Å². The summed E-state index contributed by atoms with van der Waals surface area (Å²) in [7, 11) is 0. The lowest BCUT2D eigenvalue weighted by Crippen LogP contribution is -2.32. The number of pyridine rings is 1. The van der Waals surface area contributed by atoms with Crippen LogP contribution in [0.3, 0.4) is 0 Å². The van der Waals surface area contributed by atoms with Crippen molar-refractivity contribution in [1.82, 2.24) is 24.7 Å². The molecule has 0 bridgehead atoms. The summed E-state index contributed by atoms with van der Waals surface area (Å²) in [5.41, 5.74) is 4.61. The number of fused-ring (bicyclic) bond motifs is 5. The summed E-state index contributed by atoms with van der Waals surface area (Å²) < 4.78 is 2.07. The zero-order chi connectivity index (χ0) is 21.2. The highest BCUT2D eigenvalue weighted by molar-refractivity contribution is 8.00. The minimum absolute atomic E-state index is 0.0103. The molecule has 1 amide bonds. The Balaban J connectivity index is 1.52. The molecule has 0 saturated carbocycles. The second-order valence-corrected chi connectivity index (χ2v) is 8.43. The number of carbonyl (C=O) groups is 1. The Bertz CT molecular complexity index is 1380. The summed E-state index contributed by atoms with van der Waals surface area (Å²) in [4.78, 5) is 26.8. The van der Waals surface area contributed by atoms with Crippen LogP contribution in [0.15, 0.2) is 78.2 Å². The van der Waals surface area contributed by atoms with Gasteiger partial charge in [0.1, 0.15) is 5.65 Å². The van der Waals surface area contributed by atoms with Crippen molar-refractivity contribution in [1.29, 1.82) is 0 Å². The number of rotatable bonds is 6. The number of nitrogens with one attached hydrogen (secondary N) is 1. The number of para-hydroxylation sites is 3. The summed E-state index contributed by atoms with van der Waals surface area (Å²) in [6.45, 7) is 2.48. The van der Waals surface area contributed by atoms with Crippen molar-refractivity contribution in [3.05, 3.63) is 78.6 Å². The molecule has 0 aliphatic rings. The van der Waals surface area contributed by atoms with Gasteiger partial charge in [0.25, 0.3) is 0 Å². The molecular formula is C24H21N5OS. The van der Waals surface area contributed by atoms with Gasteiger partial charge in [-0.25, -0.2) is 9.97 Å². The van der Waals surface area contributed by atoms with Crippen LogP contribution in [-0.2, 0) is 11.3 Å². The molecule has 5 rings (SSSR count). The van der Waals surface area contributed by atoms with E-state index in [0.29, 0.717) is 13.0 Å². The third-order valence-corrected chi connectivity index (χ3v) is 6.53. The fraction of sp³-hybridized carbons (Fsp3) is 0.167. The molecule has 154 valence electrons. The first kappa shape index (κ1) is 19.5. The Hall–Kier alpha value is -3.45. The van der Waals surface area contributed by atoms with Crippen LogP contribution in [0.25, 0.3) is 27.6 Å². The number of carbonyl (C=O) groups excluding carboxylic acids is 1. The Morgan fingerprint density at radius 2 is 1.84 bits per heavy atom. The molecule has 0 saturated heterocycles. The molecule has 0 aliphatic heterocycles. The Morgan fingerprint density at radius 1 is 1.03 bits per heavy atom. The van der Waals surface area contributed by atoms with E-state index < -0.39 is 0 Å². The van der Waals surface area contributed by atoms with E-state index in [1.54, 1.807) is 12.4 Å². The number of nitrogens with zero attached hydrogens (tertiary/aromatic N) is 4. The molecule has 0 aliphatic carbocycles. The van der Waals surface area contributed by atoms with Gasteiger partial charge in [0.2, 0.25) is 5.91 Å². The molecule has 3 heterocycles. The van der Waals surface area contributed by atoms with E-state index in [1.807, 2.05) is 67.6 Å². The highest BCUT2D eigenvalue weighted by atomic mass is 32.2. The normalized spacial score (nSPS) is 12.4. The monoisotopic (exact) mass is 427 g/mol. The van der Waals surface area contributed by atoms with E-state index in [2.05, 4.69) is 14.7 Å². The van der Waals surface area contributed by atoms with Crippen molar-refractivity contribution >= 4 is 45.3 Å². The van der Waals surface area contributed by atoms with Crippen molar-refractivity contribution in [3.8, 4) is 0 Å². The molecule has 1 atom stereocenters. The number of hydrogen-bond donors (Lipinski definition) is 1. The van der Waals surface area contributed by atoms with E-state index in [4.69, 9.17) is 9.97 Å². The SMILES string of the molecule is CCC(Sc1nc2ccccc2c2nc3ccccc3n12)C(=O)NCc1cccnc1. The fourth-order valence-electron chi connectivity index (χ4n) is 3.65. The Morgan fingerprint density at radius 3 is 2.65 bits per heavy atom. The van der Waals surface area contributed by atoms with Gasteiger partial charge in [0.05, 0.1) is 21.8 Å². The van der Waals surface area contributed by atoms with Gasteiger partial charge in [-0.1, -0.05) is 49.0 Å². The van der Waals surface area contributed by atoms with Crippen LogP contribution in [0.1, 0.15) is 18.9 Å². The van der Waals surface area contributed by atoms with Crippen LogP contribution < -0.4 is 5.32 Å². The average Bonchev–Trinajstić information content (AvgIpc) is 3.22. The molecule has 2 aromatic carbocycles. The first-order valence-electron chi connectivity index (χ1n) is 10.2. The van der Waals surface area contributed by atoms with E-state index in [-0.39, 0.29) is 11.2 Å². The summed E-state index contributed by atoms with van der Waals surface area (Å²) in [5, 5.41) is 4.53. The minimum atomic E-state index is -0.269. The van der Waals surface area contributed by atoms with Crippen LogP contribution in [-0.4, -0.2) is 30.5 Å². The molecular weight excluding hydrogens is 406 g/mol. The maximum Gasteiger partial charge on any atom is 0.233 e. The van der Waals surface area contributed by atoms with Gasteiger partial charge < -0.3 is 5.32 Å². The average molecular weight is 428 g/mol. The number of benzene rings is 2. The maximum absolute atomic E-state index is 12.9. The van der Waals surface area contributed by atoms with Gasteiger partial charge in [-0.15, -0.1) is 0 Å². The topological polar surface area (TPSA) is 72.2 Å². The number of aromatic nitrogens is 4. The molecule has 7 heteroatoms. The second-order valence-electron chi connectivity index (χ2n) is 7.26. The quantitative estimate of drug-likeness (QED) is 0.316. The minimum Gasteiger partial charge on any atom is -0.351 e. The van der Waals surface area contributed by atoms with E-state index >= 15 is 0 Å². The fourth-order valence-corrected chi connectivity index (χ4v) is 4.70. The zero-order valence-corrected chi connectivity index (χ0v) is 17.8. The number of amides is 1. The van der Waals surface area contributed by atoms with Crippen molar-refractivity contribution in [2.45, 2.75) is 30.3 Å². The maximum atomic E-state index is 12.9. The predicted molar refractivity (Wildman–Crippen MR) is 124 cm³/mol. The lowest BCUT2D eigenvalue weighted by Gasteiger charge is -2.16. The third-order valence-electron chi connectivity index (χ3n) is 5.21. The molecule has 31 heavy (non-hydrogen) atoms. The summed E-state index contributed by atoms with van der Waals surface area (Å²) in [6.07, 6.45) is 4.18. The van der Waals surface area contributed by atoms with Crippen molar-refractivity contribution < 1.29 is 4.79 Å². The first-order chi connectivity index (χ1) is 15.2. The smallest absolute Gasteiger partial charge is 0.233 e. The molecule has 0 radical (unpaired) electrons. The molecule has 0 fully saturated rings. The molecule has 1 N–H and O–H groups in total. The van der Waals surface area contributed by atoms with Gasteiger partial charge in [0.15, 0.2) is 5.16 Å². The van der Waals surface area contributed by atoms with Crippen LogP contribution in [0.4, 0.5) is 0 Å². The Kier molecular flexibility index (Phi) is 5.26. The van der Waals surface area contributed by atoms with Gasteiger partial charge in [0, 0.05) is 24.3 Å².